The van der Waals surface area contributed by atoms with Crippen LogP contribution >= 0.6 is 39.1 Å². The molecule has 0 fully saturated rings. The predicted molar refractivity (Wildman–Crippen MR) is 125 cm³/mol. The van der Waals surface area contributed by atoms with E-state index in [-0.39, 0.29) is 18.2 Å². The van der Waals surface area contributed by atoms with Gasteiger partial charge in [-0.1, -0.05) is 51.3 Å². The van der Waals surface area contributed by atoms with Gasteiger partial charge in [0.2, 0.25) is 0 Å². The third-order valence-electron chi connectivity index (χ3n) is 4.23. The Labute approximate surface area is 194 Å². The first-order valence-electron chi connectivity index (χ1n) is 9.25. The van der Waals surface area contributed by atoms with Gasteiger partial charge in [-0.25, -0.2) is 4.68 Å². The summed E-state index contributed by atoms with van der Waals surface area (Å²) >= 11 is 16.0. The van der Waals surface area contributed by atoms with Gasteiger partial charge < -0.3 is 10.1 Å². The Hall–Kier alpha value is -1.86. The molecule has 0 radical (unpaired) electrons. The number of hydrogen-bond donors (Lipinski definition) is 1. The van der Waals surface area contributed by atoms with Crippen molar-refractivity contribution in [2.45, 2.75) is 32.9 Å². The third kappa shape index (κ3) is 5.06. The lowest BCUT2D eigenvalue weighted by atomic mass is 10.0. The Bertz CT molecular complexity index is 1070. The number of aromatic nitrogens is 2. The zero-order valence-corrected chi connectivity index (χ0v) is 20.2. The van der Waals surface area contributed by atoms with Crippen LogP contribution in [0.1, 0.15) is 36.8 Å². The number of carbonyl (C=O) groups is 1. The molecule has 158 valence electrons. The van der Waals surface area contributed by atoms with E-state index in [0.717, 1.165) is 15.7 Å². The molecule has 1 heterocycles. The second kappa shape index (κ2) is 9.10. The highest BCUT2D eigenvalue weighted by molar-refractivity contribution is 9.10. The van der Waals surface area contributed by atoms with E-state index in [1.807, 2.05) is 45.0 Å². The number of methoxy groups -OCH3 is 1. The minimum atomic E-state index is -0.416. The summed E-state index contributed by atoms with van der Waals surface area (Å²) in [4.78, 5) is 13.1. The molecule has 1 amide bonds. The molecule has 0 unspecified atom stereocenters. The molecule has 3 rings (SSSR count). The number of nitrogens with one attached hydrogen (secondary N) is 1. The molecule has 2 aromatic carbocycles. The Balaban J connectivity index is 2.30. The second-order valence-electron chi connectivity index (χ2n) is 7.83. The topological polar surface area (TPSA) is 56.1 Å². The number of amides is 1. The molecular formula is C22H22BrCl2N3O2. The molecule has 0 aliphatic carbocycles. The second-order valence-corrected chi connectivity index (χ2v) is 9.59. The maximum Gasteiger partial charge on any atom is 0.272 e. The van der Waals surface area contributed by atoms with Gasteiger partial charge in [0.1, 0.15) is 0 Å². The van der Waals surface area contributed by atoms with Crippen LogP contribution in [-0.2, 0) is 11.3 Å². The van der Waals surface area contributed by atoms with Gasteiger partial charge in [0, 0.05) is 33.3 Å². The lowest BCUT2D eigenvalue weighted by molar-refractivity contribution is 0.0909. The molecular weight excluding hydrogens is 489 g/mol. The highest BCUT2D eigenvalue weighted by atomic mass is 79.9. The molecule has 0 atom stereocenters. The maximum atomic E-state index is 13.1. The van der Waals surface area contributed by atoms with Crippen molar-refractivity contribution in [3.63, 3.8) is 0 Å². The normalized spacial score (nSPS) is 11.6. The Morgan fingerprint density at radius 2 is 1.83 bits per heavy atom. The monoisotopic (exact) mass is 509 g/mol. The number of halogens is 3. The first-order valence-corrected chi connectivity index (χ1v) is 10.8. The van der Waals surface area contributed by atoms with Gasteiger partial charge in [0.05, 0.1) is 23.0 Å². The first-order chi connectivity index (χ1) is 14.1. The average Bonchev–Trinajstić information content (AvgIpc) is 3.00. The van der Waals surface area contributed by atoms with E-state index in [2.05, 4.69) is 26.3 Å². The summed E-state index contributed by atoms with van der Waals surface area (Å²) in [6.07, 6.45) is 0. The summed E-state index contributed by atoms with van der Waals surface area (Å²) in [5, 5.41) is 8.75. The van der Waals surface area contributed by atoms with Crippen LogP contribution in [-0.4, -0.2) is 28.3 Å². The Morgan fingerprint density at radius 1 is 1.17 bits per heavy atom. The fraction of sp³-hybridized carbons (Fsp3) is 0.273. The summed E-state index contributed by atoms with van der Waals surface area (Å²) in [5.74, 6) is -0.281. The van der Waals surface area contributed by atoms with Crippen LogP contribution in [0.4, 0.5) is 0 Å². The number of benzene rings is 2. The van der Waals surface area contributed by atoms with Crippen molar-refractivity contribution in [1.82, 2.24) is 15.1 Å². The van der Waals surface area contributed by atoms with Crippen molar-refractivity contribution in [3.8, 4) is 16.9 Å². The third-order valence-corrected chi connectivity index (χ3v) is 5.28. The number of ether oxygens (including phenoxy) is 1. The standard InChI is InChI=1S/C22H22BrCl2N3O2/c1-22(2,3)26-21(29)19-16(12-30-4)20(13-5-8-15(24)9-6-13)28(27-19)18-10-7-14(23)11-17(18)25/h5-11H,12H2,1-4H3,(H,26,29). The molecule has 5 nitrogen and oxygen atoms in total. The average molecular weight is 511 g/mol. The van der Waals surface area contributed by atoms with Crippen LogP contribution in [0.25, 0.3) is 16.9 Å². The molecule has 8 heteroatoms. The molecule has 0 aliphatic rings. The van der Waals surface area contributed by atoms with Gasteiger partial charge in [-0.05, 0) is 51.1 Å². The summed E-state index contributed by atoms with van der Waals surface area (Å²) in [5.41, 5.74) is 2.75. The van der Waals surface area contributed by atoms with Crippen molar-refractivity contribution < 1.29 is 9.53 Å². The van der Waals surface area contributed by atoms with E-state index < -0.39 is 5.54 Å². The zero-order valence-electron chi connectivity index (χ0n) is 17.1. The first kappa shape index (κ1) is 22.8. The quantitative estimate of drug-likeness (QED) is 0.439. The summed E-state index contributed by atoms with van der Waals surface area (Å²) in [6, 6.07) is 12.9. The molecule has 1 aromatic heterocycles. The molecule has 30 heavy (non-hydrogen) atoms. The van der Waals surface area contributed by atoms with Gasteiger partial charge in [-0.3, -0.25) is 4.79 Å². The van der Waals surface area contributed by atoms with Crippen molar-refractivity contribution in [3.05, 3.63) is 68.2 Å². The van der Waals surface area contributed by atoms with E-state index in [9.17, 15) is 4.79 Å². The van der Waals surface area contributed by atoms with E-state index >= 15 is 0 Å². The van der Waals surface area contributed by atoms with Crippen LogP contribution in [0.2, 0.25) is 10.0 Å². The van der Waals surface area contributed by atoms with Gasteiger partial charge in [-0.15, -0.1) is 0 Å². The lowest BCUT2D eigenvalue weighted by Gasteiger charge is -2.20. The highest BCUT2D eigenvalue weighted by Crippen LogP contribution is 2.34. The maximum absolute atomic E-state index is 13.1. The van der Waals surface area contributed by atoms with Crippen LogP contribution < -0.4 is 5.32 Å². The molecule has 0 saturated heterocycles. The largest absolute Gasteiger partial charge is 0.380 e. The van der Waals surface area contributed by atoms with Gasteiger partial charge in [0.15, 0.2) is 5.69 Å². The van der Waals surface area contributed by atoms with Crippen molar-refractivity contribution >= 4 is 45.0 Å². The smallest absolute Gasteiger partial charge is 0.272 e. The van der Waals surface area contributed by atoms with Crippen LogP contribution in [0.15, 0.2) is 46.9 Å². The number of nitrogens with zero attached hydrogens (tertiary/aromatic N) is 2. The molecule has 0 bridgehead atoms. The summed E-state index contributed by atoms with van der Waals surface area (Å²) in [7, 11) is 1.58. The lowest BCUT2D eigenvalue weighted by Crippen LogP contribution is -2.41. The van der Waals surface area contributed by atoms with E-state index in [1.54, 1.807) is 30.0 Å². The summed E-state index contributed by atoms with van der Waals surface area (Å²) < 4.78 is 7.96. The van der Waals surface area contributed by atoms with Crippen LogP contribution in [0.3, 0.4) is 0 Å². The minimum Gasteiger partial charge on any atom is -0.380 e. The number of rotatable bonds is 5. The van der Waals surface area contributed by atoms with E-state index in [0.29, 0.717) is 21.3 Å². The molecule has 1 N–H and O–H groups in total. The number of carbonyl (C=O) groups excluding carboxylic acids is 1. The fourth-order valence-corrected chi connectivity index (χ4v) is 3.92. The number of hydrogen-bond acceptors (Lipinski definition) is 3. The van der Waals surface area contributed by atoms with Gasteiger partial charge in [0.25, 0.3) is 5.91 Å². The predicted octanol–water partition coefficient (Wildman–Crippen LogP) is 6.28. The van der Waals surface area contributed by atoms with Gasteiger partial charge in [-0.2, -0.15) is 5.10 Å². The molecule has 0 saturated carbocycles. The molecule has 0 spiro atoms. The van der Waals surface area contributed by atoms with Crippen molar-refractivity contribution in [1.29, 1.82) is 0 Å². The van der Waals surface area contributed by atoms with Crippen LogP contribution in [0, 0.1) is 0 Å². The zero-order chi connectivity index (χ0) is 22.1. The molecule has 0 aliphatic heterocycles. The SMILES string of the molecule is COCc1c(C(=O)NC(C)(C)C)nn(-c2ccc(Br)cc2Cl)c1-c1ccc(Cl)cc1. The van der Waals surface area contributed by atoms with E-state index in [4.69, 9.17) is 27.9 Å². The minimum absolute atomic E-state index is 0.207. The summed E-state index contributed by atoms with van der Waals surface area (Å²) in [6.45, 7) is 5.97. The van der Waals surface area contributed by atoms with Gasteiger partial charge >= 0.3 is 0 Å². The van der Waals surface area contributed by atoms with Crippen LogP contribution in [0.5, 0.6) is 0 Å². The fourth-order valence-electron chi connectivity index (χ4n) is 3.05. The highest BCUT2D eigenvalue weighted by Gasteiger charge is 2.27. The Morgan fingerprint density at radius 3 is 2.40 bits per heavy atom. The Kier molecular flexibility index (Phi) is 6.92. The van der Waals surface area contributed by atoms with Crippen molar-refractivity contribution in [2.75, 3.05) is 7.11 Å². The van der Waals surface area contributed by atoms with Crippen molar-refractivity contribution in [2.24, 2.45) is 0 Å². The van der Waals surface area contributed by atoms with E-state index in [1.165, 1.54) is 0 Å². The molecule has 3 aromatic rings.